The molecule has 2 atom stereocenters. The number of hydrogen-bond acceptors (Lipinski definition) is 5. The smallest absolute Gasteiger partial charge is 0.256 e. The second-order valence-electron chi connectivity index (χ2n) is 6.47. The monoisotopic (exact) mass is 383 g/mol. The molecule has 1 amide bonds. The summed E-state index contributed by atoms with van der Waals surface area (Å²) in [5.74, 6) is 0.709. The van der Waals surface area contributed by atoms with Crippen LogP contribution >= 0.6 is 11.8 Å². The minimum atomic E-state index is -0.257. The van der Waals surface area contributed by atoms with Gasteiger partial charge >= 0.3 is 0 Å². The van der Waals surface area contributed by atoms with Crippen LogP contribution in [0.5, 0.6) is 0 Å². The number of carbonyl (C=O) groups is 1. The van der Waals surface area contributed by atoms with Crippen LogP contribution in [0.15, 0.2) is 52.1 Å². The molecule has 5 nitrogen and oxygen atoms in total. The molecule has 2 heterocycles. The number of carbonyl (C=O) groups excluding carboxylic acids is 1. The van der Waals surface area contributed by atoms with E-state index in [1.54, 1.807) is 31.4 Å². The molecule has 27 heavy (non-hydrogen) atoms. The third-order valence-corrected chi connectivity index (χ3v) is 5.28. The molecule has 0 aliphatic heterocycles. The van der Waals surface area contributed by atoms with Crippen molar-refractivity contribution in [2.24, 2.45) is 0 Å². The summed E-state index contributed by atoms with van der Waals surface area (Å²) in [7, 11) is 0. The van der Waals surface area contributed by atoms with Crippen molar-refractivity contribution in [3.05, 3.63) is 65.3 Å². The molecule has 138 valence electrons. The van der Waals surface area contributed by atoms with Crippen LogP contribution in [0.3, 0.4) is 0 Å². The van der Waals surface area contributed by atoms with Gasteiger partial charge in [-0.05, 0) is 49.4 Å². The highest BCUT2D eigenvalue weighted by molar-refractivity contribution is 7.98. The summed E-state index contributed by atoms with van der Waals surface area (Å²) in [5.41, 5.74) is 1.98. The highest BCUT2D eigenvalue weighted by atomic mass is 32.2. The standard InChI is InChI=1S/C20H18FN3O2S/c1-11-17(20(27-2)24-18(22-11)16-7-4-8-26-16)19(25)23-15-10-14(15)12-5-3-6-13(21)9-12/h3-9,14-15H,10H2,1-2H3,(H,23,25)/t14-,15-/m1/s1. The van der Waals surface area contributed by atoms with E-state index < -0.39 is 0 Å². The molecule has 1 saturated carbocycles. The van der Waals surface area contributed by atoms with E-state index >= 15 is 0 Å². The van der Waals surface area contributed by atoms with Crippen molar-refractivity contribution >= 4 is 17.7 Å². The quantitative estimate of drug-likeness (QED) is 0.528. The number of nitrogens with zero attached hydrogens (tertiary/aromatic N) is 2. The zero-order valence-corrected chi connectivity index (χ0v) is 15.7. The number of thioether (sulfide) groups is 1. The molecule has 2 aromatic heterocycles. The lowest BCUT2D eigenvalue weighted by Gasteiger charge is -2.11. The van der Waals surface area contributed by atoms with Crippen molar-refractivity contribution in [1.29, 1.82) is 0 Å². The lowest BCUT2D eigenvalue weighted by molar-refractivity contribution is 0.0945. The van der Waals surface area contributed by atoms with Crippen molar-refractivity contribution < 1.29 is 13.6 Å². The fraction of sp³-hybridized carbons (Fsp3) is 0.250. The molecule has 1 N–H and O–H groups in total. The molecule has 1 aromatic carbocycles. The molecule has 4 rings (SSSR count). The maximum atomic E-state index is 13.4. The average Bonchev–Trinajstić information content (AvgIpc) is 3.19. The number of amides is 1. The molecule has 0 spiro atoms. The van der Waals surface area contributed by atoms with E-state index in [1.165, 1.54) is 23.9 Å². The SMILES string of the molecule is CSc1nc(-c2ccco2)nc(C)c1C(=O)N[C@@H]1C[C@@H]1c1cccc(F)c1. The molecule has 3 aromatic rings. The first-order chi connectivity index (χ1) is 13.1. The van der Waals surface area contributed by atoms with Crippen molar-refractivity contribution in [1.82, 2.24) is 15.3 Å². The third-order valence-electron chi connectivity index (χ3n) is 4.60. The summed E-state index contributed by atoms with van der Waals surface area (Å²) >= 11 is 1.39. The maximum absolute atomic E-state index is 13.4. The second kappa shape index (κ2) is 7.15. The first-order valence-corrected chi connectivity index (χ1v) is 9.82. The molecule has 1 aliphatic carbocycles. The Morgan fingerprint density at radius 3 is 2.85 bits per heavy atom. The number of benzene rings is 1. The van der Waals surface area contributed by atoms with Crippen LogP contribution in [0.2, 0.25) is 0 Å². The van der Waals surface area contributed by atoms with E-state index in [2.05, 4.69) is 15.3 Å². The third kappa shape index (κ3) is 3.60. The minimum absolute atomic E-state index is 0.00171. The van der Waals surface area contributed by atoms with Gasteiger partial charge in [0, 0.05) is 12.0 Å². The van der Waals surface area contributed by atoms with E-state index in [0.29, 0.717) is 27.9 Å². The summed E-state index contributed by atoms with van der Waals surface area (Å²) in [6.45, 7) is 1.79. The first kappa shape index (κ1) is 17.7. The normalized spacial score (nSPS) is 18.3. The predicted octanol–water partition coefficient (Wildman–Crippen LogP) is 4.19. The molecule has 0 saturated heterocycles. The topological polar surface area (TPSA) is 68.0 Å². The molecule has 0 unspecified atom stereocenters. The average molecular weight is 383 g/mol. The largest absolute Gasteiger partial charge is 0.461 e. The number of aryl methyl sites for hydroxylation is 1. The minimum Gasteiger partial charge on any atom is -0.461 e. The summed E-state index contributed by atoms with van der Waals surface area (Å²) in [4.78, 5) is 21.7. The van der Waals surface area contributed by atoms with Crippen LogP contribution in [-0.4, -0.2) is 28.2 Å². The number of furan rings is 1. The lowest BCUT2D eigenvalue weighted by atomic mass is 10.1. The maximum Gasteiger partial charge on any atom is 0.256 e. The van der Waals surface area contributed by atoms with Gasteiger partial charge in [-0.1, -0.05) is 12.1 Å². The van der Waals surface area contributed by atoms with Gasteiger partial charge in [-0.15, -0.1) is 11.8 Å². The van der Waals surface area contributed by atoms with Gasteiger partial charge in [0.05, 0.1) is 17.5 Å². The Hall–Kier alpha value is -2.67. The summed E-state index contributed by atoms with van der Waals surface area (Å²) in [6.07, 6.45) is 4.23. The molecule has 1 aliphatic rings. The Labute approximate surface area is 160 Å². The number of halogens is 1. The number of hydrogen-bond donors (Lipinski definition) is 1. The van der Waals surface area contributed by atoms with E-state index in [0.717, 1.165) is 12.0 Å². The highest BCUT2D eigenvalue weighted by Gasteiger charge is 2.40. The number of aromatic nitrogens is 2. The van der Waals surface area contributed by atoms with Gasteiger partial charge in [-0.2, -0.15) is 0 Å². The van der Waals surface area contributed by atoms with Crippen molar-refractivity contribution in [2.75, 3.05) is 6.26 Å². The number of nitrogens with one attached hydrogen (secondary N) is 1. The van der Waals surface area contributed by atoms with Crippen molar-refractivity contribution in [3.63, 3.8) is 0 Å². The Kier molecular flexibility index (Phi) is 4.70. The molecule has 0 radical (unpaired) electrons. The molecule has 0 bridgehead atoms. The van der Waals surface area contributed by atoms with E-state index in [-0.39, 0.29) is 23.7 Å². The van der Waals surface area contributed by atoms with Gasteiger partial charge in [-0.25, -0.2) is 14.4 Å². The second-order valence-corrected chi connectivity index (χ2v) is 7.27. The summed E-state index contributed by atoms with van der Waals surface area (Å²) < 4.78 is 18.8. The van der Waals surface area contributed by atoms with Gasteiger partial charge in [0.25, 0.3) is 5.91 Å². The predicted molar refractivity (Wildman–Crippen MR) is 101 cm³/mol. The van der Waals surface area contributed by atoms with E-state index in [4.69, 9.17) is 4.42 Å². The Morgan fingerprint density at radius 2 is 2.15 bits per heavy atom. The van der Waals surface area contributed by atoms with Gasteiger partial charge in [0.1, 0.15) is 10.8 Å². The molecular weight excluding hydrogens is 365 g/mol. The van der Waals surface area contributed by atoms with Crippen molar-refractivity contribution in [2.45, 2.75) is 30.3 Å². The van der Waals surface area contributed by atoms with Crippen molar-refractivity contribution in [3.8, 4) is 11.6 Å². The van der Waals surface area contributed by atoms with Crippen LogP contribution in [0, 0.1) is 12.7 Å². The zero-order chi connectivity index (χ0) is 19.0. The van der Waals surface area contributed by atoms with Crippen LogP contribution in [0.4, 0.5) is 4.39 Å². The van der Waals surface area contributed by atoms with Crippen LogP contribution < -0.4 is 5.32 Å². The summed E-state index contributed by atoms with van der Waals surface area (Å²) in [5, 5.41) is 3.64. The zero-order valence-electron chi connectivity index (χ0n) is 14.9. The number of rotatable bonds is 5. The Bertz CT molecular complexity index is 991. The van der Waals surface area contributed by atoms with E-state index in [1.807, 2.05) is 12.3 Å². The highest BCUT2D eigenvalue weighted by Crippen LogP contribution is 2.41. The van der Waals surface area contributed by atoms with Gasteiger partial charge in [0.15, 0.2) is 11.6 Å². The fourth-order valence-corrected chi connectivity index (χ4v) is 3.79. The van der Waals surface area contributed by atoms with Crippen LogP contribution in [0.1, 0.15) is 34.0 Å². The van der Waals surface area contributed by atoms with Gasteiger partial charge < -0.3 is 9.73 Å². The Morgan fingerprint density at radius 1 is 1.30 bits per heavy atom. The van der Waals surface area contributed by atoms with E-state index in [9.17, 15) is 9.18 Å². The molecule has 1 fully saturated rings. The fourth-order valence-electron chi connectivity index (χ4n) is 3.17. The van der Waals surface area contributed by atoms with Gasteiger partial charge in [-0.3, -0.25) is 4.79 Å². The molecule has 7 heteroatoms. The molecular formula is C20H18FN3O2S. The summed E-state index contributed by atoms with van der Waals surface area (Å²) in [6, 6.07) is 10.1. The first-order valence-electron chi connectivity index (χ1n) is 8.59. The van der Waals surface area contributed by atoms with Crippen LogP contribution in [0.25, 0.3) is 11.6 Å². The van der Waals surface area contributed by atoms with Gasteiger partial charge in [0.2, 0.25) is 0 Å². The Balaban J connectivity index is 1.54. The van der Waals surface area contributed by atoms with Crippen LogP contribution in [-0.2, 0) is 0 Å². The lowest BCUT2D eigenvalue weighted by Crippen LogP contribution is -2.28.